The molecular weight excluding hydrogens is 249 g/mol. The van der Waals surface area contributed by atoms with Crippen LogP contribution >= 0.6 is 0 Å². The quantitative estimate of drug-likeness (QED) is 0.843. The van der Waals surface area contributed by atoms with Gasteiger partial charge in [-0.3, -0.25) is 0 Å². The first-order valence-electron chi connectivity index (χ1n) is 7.86. The van der Waals surface area contributed by atoms with E-state index in [1.165, 1.54) is 25.3 Å². The van der Waals surface area contributed by atoms with Crippen molar-refractivity contribution in [3.8, 4) is 0 Å². The fourth-order valence-electron chi connectivity index (χ4n) is 4.63. The Labute approximate surface area is 122 Å². The second kappa shape index (κ2) is 4.56. The van der Waals surface area contributed by atoms with Crippen molar-refractivity contribution in [3.05, 3.63) is 35.6 Å². The van der Waals surface area contributed by atoms with E-state index in [-0.39, 0.29) is 11.9 Å². The lowest BCUT2D eigenvalue weighted by atomic mass is 9.69. The van der Waals surface area contributed by atoms with Gasteiger partial charge in [-0.1, -0.05) is 32.9 Å². The normalized spacial score (nSPS) is 36.2. The van der Waals surface area contributed by atoms with Crippen LogP contribution in [0.2, 0.25) is 0 Å². The monoisotopic (exact) mass is 275 g/mol. The predicted octanol–water partition coefficient (Wildman–Crippen LogP) is 4.69. The molecule has 20 heavy (non-hydrogen) atoms. The summed E-state index contributed by atoms with van der Waals surface area (Å²) in [5.74, 6) is 0.695. The molecule has 0 saturated heterocycles. The zero-order valence-electron chi connectivity index (χ0n) is 13.0. The van der Waals surface area contributed by atoms with Gasteiger partial charge in [0, 0.05) is 12.1 Å². The minimum Gasteiger partial charge on any atom is -0.307 e. The maximum Gasteiger partial charge on any atom is 0.123 e. The highest BCUT2D eigenvalue weighted by atomic mass is 19.1. The van der Waals surface area contributed by atoms with Crippen molar-refractivity contribution in [1.82, 2.24) is 5.32 Å². The molecule has 1 N–H and O–H groups in total. The van der Waals surface area contributed by atoms with E-state index in [1.807, 2.05) is 6.07 Å². The van der Waals surface area contributed by atoms with E-state index < -0.39 is 0 Å². The highest BCUT2D eigenvalue weighted by Gasteiger charge is 2.61. The number of halogens is 1. The maximum absolute atomic E-state index is 13.4. The largest absolute Gasteiger partial charge is 0.307 e. The van der Waals surface area contributed by atoms with E-state index in [1.54, 1.807) is 12.1 Å². The molecule has 2 saturated carbocycles. The minimum atomic E-state index is -0.143. The third kappa shape index (κ3) is 1.92. The smallest absolute Gasteiger partial charge is 0.123 e. The molecule has 2 aliphatic carbocycles. The maximum atomic E-state index is 13.4. The summed E-state index contributed by atoms with van der Waals surface area (Å²) in [6.07, 6.45) is 3.96. The fraction of sp³-hybridized carbons (Fsp3) is 0.667. The van der Waals surface area contributed by atoms with Gasteiger partial charge in [0.25, 0.3) is 0 Å². The molecule has 2 bridgehead atoms. The van der Waals surface area contributed by atoms with Crippen LogP contribution in [0.15, 0.2) is 24.3 Å². The van der Waals surface area contributed by atoms with Crippen molar-refractivity contribution in [2.75, 3.05) is 0 Å². The molecule has 0 spiro atoms. The topological polar surface area (TPSA) is 12.0 Å². The van der Waals surface area contributed by atoms with Gasteiger partial charge in [0.15, 0.2) is 0 Å². The summed E-state index contributed by atoms with van der Waals surface area (Å²) in [4.78, 5) is 0. The van der Waals surface area contributed by atoms with E-state index in [2.05, 4.69) is 33.0 Å². The Hall–Kier alpha value is -0.890. The molecule has 2 fully saturated rings. The Bertz CT molecular complexity index is 510. The molecule has 3 rings (SSSR count). The summed E-state index contributed by atoms with van der Waals surface area (Å²) in [6, 6.07) is 7.74. The molecule has 0 radical (unpaired) electrons. The van der Waals surface area contributed by atoms with Crippen molar-refractivity contribution >= 4 is 0 Å². The van der Waals surface area contributed by atoms with E-state index in [0.717, 1.165) is 11.5 Å². The molecular formula is C18H26FN. The lowest BCUT2D eigenvalue weighted by molar-refractivity contribution is 0.116. The summed E-state index contributed by atoms with van der Waals surface area (Å²) in [6.45, 7) is 9.45. The van der Waals surface area contributed by atoms with Gasteiger partial charge >= 0.3 is 0 Å². The third-order valence-corrected chi connectivity index (χ3v) is 6.59. The molecule has 2 heteroatoms. The van der Waals surface area contributed by atoms with Crippen molar-refractivity contribution < 1.29 is 4.39 Å². The summed E-state index contributed by atoms with van der Waals surface area (Å²) in [5.41, 5.74) is 1.85. The zero-order valence-corrected chi connectivity index (χ0v) is 13.0. The standard InChI is InChI=1S/C18H26FN/c1-12(13-6-5-7-15(19)10-13)20-16-11-14-8-9-18(16,4)17(14,2)3/h5-7,10,12,14,16,20H,8-9,11H2,1-4H3/t12-,14?,16?,18?/m1/s1. The van der Waals surface area contributed by atoms with Gasteiger partial charge in [-0.2, -0.15) is 0 Å². The van der Waals surface area contributed by atoms with Gasteiger partial charge in [0.2, 0.25) is 0 Å². The molecule has 0 aliphatic heterocycles. The van der Waals surface area contributed by atoms with Crippen LogP contribution in [0.1, 0.15) is 58.6 Å². The van der Waals surface area contributed by atoms with Crippen LogP contribution in [0, 0.1) is 22.6 Å². The van der Waals surface area contributed by atoms with Gasteiger partial charge in [-0.05, 0) is 60.6 Å². The molecule has 1 aromatic carbocycles. The first-order chi connectivity index (χ1) is 9.34. The van der Waals surface area contributed by atoms with Crippen LogP contribution in [0.5, 0.6) is 0 Å². The van der Waals surface area contributed by atoms with Crippen LogP contribution in [0.3, 0.4) is 0 Å². The lowest BCUT2D eigenvalue weighted by Gasteiger charge is -2.40. The molecule has 0 amide bonds. The van der Waals surface area contributed by atoms with Gasteiger partial charge in [0.1, 0.15) is 5.82 Å². The van der Waals surface area contributed by atoms with Crippen molar-refractivity contribution in [1.29, 1.82) is 0 Å². The first-order valence-corrected chi connectivity index (χ1v) is 7.86. The molecule has 3 unspecified atom stereocenters. The zero-order chi connectivity index (χ0) is 14.5. The summed E-state index contributed by atoms with van der Waals surface area (Å²) < 4.78 is 13.4. The number of benzene rings is 1. The van der Waals surface area contributed by atoms with E-state index >= 15 is 0 Å². The fourth-order valence-corrected chi connectivity index (χ4v) is 4.63. The van der Waals surface area contributed by atoms with Gasteiger partial charge in [-0.25, -0.2) is 4.39 Å². The Balaban J connectivity index is 1.76. The average molecular weight is 275 g/mol. The lowest BCUT2D eigenvalue weighted by Crippen LogP contribution is -2.45. The third-order valence-electron chi connectivity index (χ3n) is 6.59. The van der Waals surface area contributed by atoms with Gasteiger partial charge in [0.05, 0.1) is 0 Å². The van der Waals surface area contributed by atoms with Gasteiger partial charge in [-0.15, -0.1) is 0 Å². The molecule has 2 aliphatic rings. The number of hydrogen-bond donors (Lipinski definition) is 1. The Kier molecular flexibility index (Phi) is 3.20. The molecule has 0 heterocycles. The minimum absolute atomic E-state index is 0.143. The second-order valence-electron chi connectivity index (χ2n) is 7.61. The van der Waals surface area contributed by atoms with Crippen LogP contribution < -0.4 is 5.32 Å². The molecule has 1 aromatic rings. The van der Waals surface area contributed by atoms with Crippen molar-refractivity contribution in [2.45, 2.75) is 59.0 Å². The Morgan fingerprint density at radius 2 is 2.05 bits per heavy atom. The molecule has 1 nitrogen and oxygen atoms in total. The van der Waals surface area contributed by atoms with Crippen molar-refractivity contribution in [2.24, 2.45) is 16.7 Å². The summed E-state index contributed by atoms with van der Waals surface area (Å²) in [7, 11) is 0. The number of hydrogen-bond acceptors (Lipinski definition) is 1. The molecule has 0 aromatic heterocycles. The SMILES string of the molecule is C[C@@H](NC1CC2CCC1(C)C2(C)C)c1cccc(F)c1. The van der Waals surface area contributed by atoms with Crippen LogP contribution in [0.4, 0.5) is 4.39 Å². The highest BCUT2D eigenvalue weighted by Crippen LogP contribution is 2.65. The van der Waals surface area contributed by atoms with Crippen LogP contribution in [0.25, 0.3) is 0 Å². The second-order valence-corrected chi connectivity index (χ2v) is 7.61. The van der Waals surface area contributed by atoms with E-state index in [0.29, 0.717) is 16.9 Å². The average Bonchev–Trinajstić information content (AvgIpc) is 2.72. The van der Waals surface area contributed by atoms with Crippen LogP contribution in [-0.2, 0) is 0 Å². The molecule has 110 valence electrons. The Morgan fingerprint density at radius 1 is 1.30 bits per heavy atom. The number of nitrogens with one attached hydrogen (secondary N) is 1. The van der Waals surface area contributed by atoms with Gasteiger partial charge < -0.3 is 5.32 Å². The summed E-state index contributed by atoms with van der Waals surface area (Å²) >= 11 is 0. The number of rotatable bonds is 3. The van der Waals surface area contributed by atoms with Crippen molar-refractivity contribution in [3.63, 3.8) is 0 Å². The number of fused-ring (bicyclic) bond motifs is 2. The summed E-state index contributed by atoms with van der Waals surface area (Å²) in [5, 5.41) is 3.78. The predicted molar refractivity (Wildman–Crippen MR) is 81.0 cm³/mol. The molecule has 4 atom stereocenters. The first kappa shape index (κ1) is 14.1. The Morgan fingerprint density at radius 3 is 2.60 bits per heavy atom. The highest BCUT2D eigenvalue weighted by molar-refractivity contribution is 5.21. The van der Waals surface area contributed by atoms with E-state index in [4.69, 9.17) is 0 Å². The van der Waals surface area contributed by atoms with E-state index in [9.17, 15) is 4.39 Å². The van der Waals surface area contributed by atoms with Crippen LogP contribution in [-0.4, -0.2) is 6.04 Å².